The van der Waals surface area contributed by atoms with Crippen molar-refractivity contribution in [3.05, 3.63) is 17.0 Å². The number of aromatic nitrogens is 2. The first kappa shape index (κ1) is 12.9. The summed E-state index contributed by atoms with van der Waals surface area (Å²) in [7, 11) is 1.70. The van der Waals surface area contributed by atoms with Gasteiger partial charge in [0, 0.05) is 31.7 Å². The van der Waals surface area contributed by atoms with Gasteiger partial charge in [-0.15, -0.1) is 0 Å². The van der Waals surface area contributed by atoms with Crippen LogP contribution in [-0.4, -0.2) is 42.1 Å². The van der Waals surface area contributed by atoms with Crippen molar-refractivity contribution in [1.29, 1.82) is 0 Å². The van der Waals surface area contributed by atoms with E-state index in [0.29, 0.717) is 6.61 Å². The molecule has 4 nitrogen and oxygen atoms in total. The van der Waals surface area contributed by atoms with Crippen LogP contribution in [0.3, 0.4) is 0 Å². The SMILES string of the molecule is COCCN(CCBr)c1ncncc1Br. The van der Waals surface area contributed by atoms with Gasteiger partial charge in [0.2, 0.25) is 0 Å². The smallest absolute Gasteiger partial charge is 0.146 e. The van der Waals surface area contributed by atoms with Gasteiger partial charge in [-0.2, -0.15) is 0 Å². The Morgan fingerprint density at radius 2 is 2.27 bits per heavy atom. The summed E-state index contributed by atoms with van der Waals surface area (Å²) in [5.74, 6) is 0.904. The Labute approximate surface area is 106 Å². The first-order chi connectivity index (χ1) is 7.29. The fraction of sp³-hybridized carbons (Fsp3) is 0.556. The monoisotopic (exact) mass is 337 g/mol. The lowest BCUT2D eigenvalue weighted by Crippen LogP contribution is -2.30. The maximum Gasteiger partial charge on any atom is 0.146 e. The van der Waals surface area contributed by atoms with Gasteiger partial charge in [0.15, 0.2) is 0 Å². The molecular formula is C9H13Br2N3O. The van der Waals surface area contributed by atoms with E-state index < -0.39 is 0 Å². The van der Waals surface area contributed by atoms with Gasteiger partial charge in [0.25, 0.3) is 0 Å². The van der Waals surface area contributed by atoms with Gasteiger partial charge in [-0.3, -0.25) is 0 Å². The van der Waals surface area contributed by atoms with Crippen LogP contribution in [0.15, 0.2) is 17.0 Å². The number of methoxy groups -OCH3 is 1. The molecule has 84 valence electrons. The highest BCUT2D eigenvalue weighted by molar-refractivity contribution is 9.10. The molecule has 0 saturated heterocycles. The Morgan fingerprint density at radius 3 is 2.87 bits per heavy atom. The molecule has 0 unspecified atom stereocenters. The van der Waals surface area contributed by atoms with E-state index in [1.165, 1.54) is 0 Å². The van der Waals surface area contributed by atoms with E-state index in [0.717, 1.165) is 28.7 Å². The molecule has 0 aliphatic rings. The Morgan fingerprint density at radius 1 is 1.47 bits per heavy atom. The summed E-state index contributed by atoms with van der Waals surface area (Å²) in [5.41, 5.74) is 0. The van der Waals surface area contributed by atoms with E-state index in [1.807, 2.05) is 0 Å². The summed E-state index contributed by atoms with van der Waals surface area (Å²) < 4.78 is 5.97. The van der Waals surface area contributed by atoms with Crippen LogP contribution in [0, 0.1) is 0 Å². The van der Waals surface area contributed by atoms with Crippen molar-refractivity contribution >= 4 is 37.7 Å². The molecule has 1 aromatic rings. The number of ether oxygens (including phenoxy) is 1. The minimum Gasteiger partial charge on any atom is -0.383 e. The van der Waals surface area contributed by atoms with Crippen molar-refractivity contribution in [2.45, 2.75) is 0 Å². The molecule has 1 aromatic heterocycles. The lowest BCUT2D eigenvalue weighted by Gasteiger charge is -2.22. The zero-order chi connectivity index (χ0) is 11.1. The van der Waals surface area contributed by atoms with Gasteiger partial charge in [0.1, 0.15) is 12.1 Å². The van der Waals surface area contributed by atoms with Crippen LogP contribution in [-0.2, 0) is 4.74 Å². The molecule has 0 N–H and O–H groups in total. The normalized spacial score (nSPS) is 10.3. The number of nitrogens with zero attached hydrogens (tertiary/aromatic N) is 3. The third-order valence-corrected chi connectivity index (χ3v) is 2.78. The lowest BCUT2D eigenvalue weighted by molar-refractivity contribution is 0.205. The third kappa shape index (κ3) is 4.04. The molecule has 0 radical (unpaired) electrons. The van der Waals surface area contributed by atoms with Crippen molar-refractivity contribution in [1.82, 2.24) is 9.97 Å². The van der Waals surface area contributed by atoms with Crippen LogP contribution in [0.4, 0.5) is 5.82 Å². The van der Waals surface area contributed by atoms with Crippen LogP contribution >= 0.6 is 31.9 Å². The van der Waals surface area contributed by atoms with Crippen molar-refractivity contribution in [3.63, 3.8) is 0 Å². The van der Waals surface area contributed by atoms with Crippen molar-refractivity contribution in [2.75, 3.05) is 37.0 Å². The van der Waals surface area contributed by atoms with Crippen LogP contribution in [0.25, 0.3) is 0 Å². The second-order valence-corrected chi connectivity index (χ2v) is 4.51. The van der Waals surface area contributed by atoms with Crippen molar-refractivity contribution in [2.24, 2.45) is 0 Å². The summed E-state index contributed by atoms with van der Waals surface area (Å²) in [6.45, 7) is 2.39. The molecule has 0 amide bonds. The summed E-state index contributed by atoms with van der Waals surface area (Å²) in [4.78, 5) is 10.3. The highest BCUT2D eigenvalue weighted by Gasteiger charge is 2.10. The molecule has 0 bridgehead atoms. The fourth-order valence-corrected chi connectivity index (χ4v) is 2.07. The first-order valence-electron chi connectivity index (χ1n) is 4.55. The topological polar surface area (TPSA) is 38.2 Å². The zero-order valence-electron chi connectivity index (χ0n) is 8.49. The summed E-state index contributed by atoms with van der Waals surface area (Å²) in [5, 5.41) is 0.896. The maximum atomic E-state index is 5.06. The minimum atomic E-state index is 0.684. The van der Waals surface area contributed by atoms with E-state index in [4.69, 9.17) is 4.74 Å². The van der Waals surface area contributed by atoms with E-state index in [9.17, 15) is 0 Å². The van der Waals surface area contributed by atoms with Gasteiger partial charge >= 0.3 is 0 Å². The van der Waals surface area contributed by atoms with Gasteiger partial charge in [-0.25, -0.2) is 9.97 Å². The molecule has 6 heteroatoms. The number of rotatable bonds is 6. The van der Waals surface area contributed by atoms with E-state index in [-0.39, 0.29) is 0 Å². The van der Waals surface area contributed by atoms with Gasteiger partial charge in [0.05, 0.1) is 11.1 Å². The van der Waals surface area contributed by atoms with Crippen LogP contribution in [0.1, 0.15) is 0 Å². The number of hydrogen-bond acceptors (Lipinski definition) is 4. The Hall–Kier alpha value is -0.200. The summed E-state index contributed by atoms with van der Waals surface area (Å²) >= 11 is 6.86. The predicted molar refractivity (Wildman–Crippen MR) is 67.6 cm³/mol. The first-order valence-corrected chi connectivity index (χ1v) is 6.46. The summed E-state index contributed by atoms with van der Waals surface area (Å²) in [6.07, 6.45) is 3.30. The largest absolute Gasteiger partial charge is 0.383 e. The van der Waals surface area contributed by atoms with Gasteiger partial charge in [-0.05, 0) is 15.9 Å². The van der Waals surface area contributed by atoms with E-state index in [2.05, 4.69) is 46.7 Å². The molecule has 0 aromatic carbocycles. The molecule has 1 heterocycles. The number of hydrogen-bond donors (Lipinski definition) is 0. The molecule has 0 fully saturated rings. The summed E-state index contributed by atoms with van der Waals surface area (Å²) in [6, 6.07) is 0. The molecule has 0 aliphatic heterocycles. The van der Waals surface area contributed by atoms with Crippen LogP contribution in [0.5, 0.6) is 0 Å². The number of anilines is 1. The maximum absolute atomic E-state index is 5.06. The minimum absolute atomic E-state index is 0.684. The lowest BCUT2D eigenvalue weighted by atomic mass is 10.4. The molecule has 0 atom stereocenters. The van der Waals surface area contributed by atoms with E-state index >= 15 is 0 Å². The Bertz CT molecular complexity index is 298. The molecule has 0 saturated carbocycles. The van der Waals surface area contributed by atoms with Crippen LogP contribution in [0.2, 0.25) is 0 Å². The predicted octanol–water partition coefficient (Wildman–Crippen LogP) is 2.09. The Kier molecular flexibility index (Phi) is 6.12. The standard InChI is InChI=1S/C9H13Br2N3O/c1-15-5-4-14(3-2-10)9-8(11)6-12-7-13-9/h6-7H,2-5H2,1H3. The zero-order valence-corrected chi connectivity index (χ0v) is 11.7. The quantitative estimate of drug-likeness (QED) is 0.744. The molecular weight excluding hydrogens is 326 g/mol. The average Bonchev–Trinajstić information content (AvgIpc) is 2.25. The van der Waals surface area contributed by atoms with Gasteiger partial charge in [-0.1, -0.05) is 15.9 Å². The number of halogens is 2. The molecule has 15 heavy (non-hydrogen) atoms. The highest BCUT2D eigenvalue weighted by Crippen LogP contribution is 2.21. The second-order valence-electron chi connectivity index (χ2n) is 2.86. The highest BCUT2D eigenvalue weighted by atomic mass is 79.9. The molecule has 0 spiro atoms. The number of alkyl halides is 1. The average molecular weight is 339 g/mol. The van der Waals surface area contributed by atoms with Crippen molar-refractivity contribution in [3.8, 4) is 0 Å². The molecule has 0 aliphatic carbocycles. The fourth-order valence-electron chi connectivity index (χ4n) is 1.17. The molecule has 1 rings (SSSR count). The Balaban J connectivity index is 2.74. The third-order valence-electron chi connectivity index (χ3n) is 1.87. The van der Waals surface area contributed by atoms with Crippen molar-refractivity contribution < 1.29 is 4.74 Å². The second kappa shape index (κ2) is 7.14. The van der Waals surface area contributed by atoms with Crippen LogP contribution < -0.4 is 4.90 Å². The van der Waals surface area contributed by atoms with Gasteiger partial charge < -0.3 is 9.64 Å². The van der Waals surface area contributed by atoms with E-state index in [1.54, 1.807) is 19.6 Å².